The normalized spacial score (nSPS) is 19.5. The van der Waals surface area contributed by atoms with Gasteiger partial charge in [-0.15, -0.1) is 10.2 Å². The zero-order valence-corrected chi connectivity index (χ0v) is 22.7. The van der Waals surface area contributed by atoms with Gasteiger partial charge in [0.25, 0.3) is 0 Å². The number of halogens is 3. The summed E-state index contributed by atoms with van der Waals surface area (Å²) in [5.41, 5.74) is 0.627. The third-order valence-corrected chi connectivity index (χ3v) is 9.36. The van der Waals surface area contributed by atoms with Crippen LogP contribution in [0.5, 0.6) is 0 Å². The molecule has 1 spiro atoms. The monoisotopic (exact) mass is 561 g/mol. The Hall–Kier alpha value is -3.91. The van der Waals surface area contributed by atoms with Crippen LogP contribution in [0.25, 0.3) is 11.2 Å². The van der Waals surface area contributed by atoms with E-state index in [2.05, 4.69) is 21.2 Å². The second-order valence-electron chi connectivity index (χ2n) is 12.2. The number of nitrogens with zero attached hydrogens (tertiary/aromatic N) is 7. The van der Waals surface area contributed by atoms with Crippen LogP contribution in [0.15, 0.2) is 47.8 Å². The number of hydrogen-bond acceptors (Lipinski definition) is 5. The Bertz CT molecular complexity index is 1750. The minimum atomic E-state index is -4.64. The van der Waals surface area contributed by atoms with Gasteiger partial charge in [0.15, 0.2) is 0 Å². The van der Waals surface area contributed by atoms with Gasteiger partial charge in [-0.2, -0.15) is 18.4 Å². The molecule has 1 atom stereocenters. The number of aromatic nitrogens is 5. The fraction of sp³-hybridized carbons (Fsp3) is 0.467. The Morgan fingerprint density at radius 2 is 1.95 bits per heavy atom. The third kappa shape index (κ3) is 4.54. The molecule has 2 aliphatic carbocycles. The van der Waals surface area contributed by atoms with Crippen molar-refractivity contribution in [1.82, 2.24) is 28.6 Å². The quantitative estimate of drug-likeness (QED) is 0.330. The third-order valence-electron chi connectivity index (χ3n) is 9.36. The second-order valence-corrected chi connectivity index (χ2v) is 12.2. The maximum absolute atomic E-state index is 14.3. The summed E-state index contributed by atoms with van der Waals surface area (Å²) in [7, 11) is 1.87. The van der Waals surface area contributed by atoms with Crippen LogP contribution < -0.4 is 5.69 Å². The molecule has 4 aromatic rings. The molecule has 0 radical (unpaired) electrons. The molecule has 8 nitrogen and oxygen atoms in total. The summed E-state index contributed by atoms with van der Waals surface area (Å²) in [6, 6.07) is 8.47. The number of hydrogen-bond donors (Lipinski definition) is 0. The molecule has 7 rings (SSSR count). The molecule has 0 N–H and O–H groups in total. The molecule has 212 valence electrons. The van der Waals surface area contributed by atoms with E-state index in [-0.39, 0.29) is 11.4 Å². The van der Waals surface area contributed by atoms with Crippen LogP contribution >= 0.6 is 0 Å². The van der Waals surface area contributed by atoms with E-state index in [1.165, 1.54) is 35.9 Å². The van der Waals surface area contributed by atoms with E-state index in [9.17, 15) is 23.2 Å². The predicted octanol–water partition coefficient (Wildman–Crippen LogP) is 5.03. The zero-order valence-electron chi connectivity index (χ0n) is 22.7. The van der Waals surface area contributed by atoms with E-state index >= 15 is 0 Å². The van der Waals surface area contributed by atoms with Gasteiger partial charge in [-0.05, 0) is 85.4 Å². The molecule has 4 heterocycles. The van der Waals surface area contributed by atoms with E-state index in [4.69, 9.17) is 0 Å². The summed E-state index contributed by atoms with van der Waals surface area (Å²) in [4.78, 5) is 15.9. The molecule has 0 amide bonds. The summed E-state index contributed by atoms with van der Waals surface area (Å²) < 4.78 is 47.1. The average Bonchev–Trinajstić information content (AvgIpc) is 3.18. The van der Waals surface area contributed by atoms with Gasteiger partial charge in [0.05, 0.1) is 28.4 Å². The number of aryl methyl sites for hydroxylation is 1. The Morgan fingerprint density at radius 3 is 2.56 bits per heavy atom. The minimum absolute atomic E-state index is 0.149. The lowest BCUT2D eigenvalue weighted by molar-refractivity contribution is -0.136. The lowest BCUT2D eigenvalue weighted by Crippen LogP contribution is -2.25. The van der Waals surface area contributed by atoms with Crippen LogP contribution in [0.1, 0.15) is 72.5 Å². The summed E-state index contributed by atoms with van der Waals surface area (Å²) in [5.74, 6) is 0.900. The maximum Gasteiger partial charge on any atom is 0.418 e. The van der Waals surface area contributed by atoms with Crippen LogP contribution in [0.3, 0.4) is 0 Å². The van der Waals surface area contributed by atoms with Crippen LogP contribution in [0.2, 0.25) is 0 Å². The molecule has 2 saturated carbocycles. The molecule has 41 heavy (non-hydrogen) atoms. The number of alkyl halides is 3. The highest BCUT2D eigenvalue weighted by Gasteiger charge is 2.47. The molecule has 11 heteroatoms. The van der Waals surface area contributed by atoms with Gasteiger partial charge in [0, 0.05) is 38.4 Å². The van der Waals surface area contributed by atoms with Crippen LogP contribution in [-0.2, 0) is 19.8 Å². The molecule has 1 unspecified atom stereocenters. The highest BCUT2D eigenvalue weighted by Crippen LogP contribution is 2.53. The van der Waals surface area contributed by atoms with Gasteiger partial charge in [0.1, 0.15) is 12.2 Å². The number of imidazole rings is 1. The highest BCUT2D eigenvalue weighted by molar-refractivity contribution is 5.58. The van der Waals surface area contributed by atoms with Crippen LogP contribution in [0, 0.1) is 22.7 Å². The number of benzene rings is 1. The molecule has 1 saturated heterocycles. The highest BCUT2D eigenvalue weighted by atomic mass is 19.4. The first-order valence-corrected chi connectivity index (χ1v) is 14.1. The van der Waals surface area contributed by atoms with E-state index in [0.717, 1.165) is 54.6 Å². The largest absolute Gasteiger partial charge is 0.418 e. The average molecular weight is 562 g/mol. The summed E-state index contributed by atoms with van der Waals surface area (Å²) in [6.45, 7) is 2.11. The summed E-state index contributed by atoms with van der Waals surface area (Å²) >= 11 is 0. The van der Waals surface area contributed by atoms with Crippen molar-refractivity contribution in [3.8, 4) is 11.8 Å². The zero-order chi connectivity index (χ0) is 28.5. The molecule has 1 aliphatic heterocycles. The van der Waals surface area contributed by atoms with Crippen LogP contribution in [0.4, 0.5) is 13.2 Å². The lowest BCUT2D eigenvalue weighted by atomic mass is 9.72. The molecule has 0 bridgehead atoms. The topological polar surface area (TPSA) is 84.2 Å². The predicted molar refractivity (Wildman–Crippen MR) is 144 cm³/mol. The van der Waals surface area contributed by atoms with Crippen molar-refractivity contribution >= 4 is 5.52 Å². The Balaban J connectivity index is 1.34. The van der Waals surface area contributed by atoms with E-state index < -0.39 is 17.4 Å². The molecular weight excluding hydrogens is 531 g/mol. The smallest absolute Gasteiger partial charge is 0.320 e. The SMILES string of the molecule is Cn1cnnc1C(c1cc(C#N)cc(-n2cc3c(C(F)(F)F)cc(CN4CCC5(CC5)C4)cn3c2=O)c1)C1CCC1. The van der Waals surface area contributed by atoms with E-state index in [0.29, 0.717) is 34.7 Å². The van der Waals surface area contributed by atoms with Gasteiger partial charge in [-0.25, -0.2) is 4.79 Å². The fourth-order valence-electron chi connectivity index (χ4n) is 6.75. The first-order valence-electron chi connectivity index (χ1n) is 14.1. The van der Waals surface area contributed by atoms with Crippen molar-refractivity contribution in [3.63, 3.8) is 0 Å². The molecule has 3 aromatic heterocycles. The van der Waals surface area contributed by atoms with Crippen molar-refractivity contribution in [2.45, 2.75) is 57.2 Å². The summed E-state index contributed by atoms with van der Waals surface area (Å²) in [5, 5.41) is 18.2. The van der Waals surface area contributed by atoms with Crippen molar-refractivity contribution in [1.29, 1.82) is 5.26 Å². The number of nitriles is 1. The molecular formula is C30H30F3N7O. The second kappa shape index (κ2) is 9.31. The first-order chi connectivity index (χ1) is 19.6. The minimum Gasteiger partial charge on any atom is -0.320 e. The first kappa shape index (κ1) is 26.0. The van der Waals surface area contributed by atoms with E-state index in [1.807, 2.05) is 11.6 Å². The number of likely N-dealkylation sites (tertiary alicyclic amines) is 1. The number of fused-ring (bicyclic) bond motifs is 1. The van der Waals surface area contributed by atoms with E-state index in [1.54, 1.807) is 24.5 Å². The molecule has 1 aromatic carbocycles. The van der Waals surface area contributed by atoms with Crippen LogP contribution in [-0.4, -0.2) is 41.7 Å². The van der Waals surface area contributed by atoms with Gasteiger partial charge in [-0.1, -0.05) is 6.42 Å². The van der Waals surface area contributed by atoms with Gasteiger partial charge in [-0.3, -0.25) is 13.9 Å². The summed E-state index contributed by atoms with van der Waals surface area (Å²) in [6.07, 6.45) is 6.29. The van der Waals surface area contributed by atoms with Gasteiger partial charge in [0.2, 0.25) is 0 Å². The standard InChI is InChI=1S/C30H30F3N7O/c1-37-18-35-36-27(37)26(21-3-2-4-21)22-9-19(13-34)10-23(12-22)39-16-25-24(30(31,32)33)11-20(15-40(25)28(39)41)14-38-8-7-29(17-38)5-6-29/h9-12,15-16,18,21,26H,2-8,14,17H2,1H3. The molecule has 3 fully saturated rings. The number of pyridine rings is 1. The number of rotatable bonds is 6. The molecule has 3 aliphatic rings. The lowest BCUT2D eigenvalue weighted by Gasteiger charge is -2.33. The van der Waals surface area contributed by atoms with Crippen molar-refractivity contribution in [2.75, 3.05) is 13.1 Å². The fourth-order valence-corrected chi connectivity index (χ4v) is 6.75. The van der Waals surface area contributed by atoms with Crippen molar-refractivity contribution in [2.24, 2.45) is 18.4 Å². The Labute approximate surface area is 234 Å². The maximum atomic E-state index is 14.3. The van der Waals surface area contributed by atoms with Gasteiger partial charge < -0.3 is 4.57 Å². The Morgan fingerprint density at radius 1 is 1.15 bits per heavy atom. The van der Waals surface area contributed by atoms with Gasteiger partial charge >= 0.3 is 11.9 Å². The van der Waals surface area contributed by atoms with Crippen molar-refractivity contribution < 1.29 is 13.2 Å². The Kier molecular flexibility index (Phi) is 5.91. The van der Waals surface area contributed by atoms with Crippen molar-refractivity contribution in [3.05, 3.63) is 81.5 Å².